The summed E-state index contributed by atoms with van der Waals surface area (Å²) in [6.07, 6.45) is -3.59. The molecule has 132 valence electrons. The molecule has 1 aliphatic rings. The molecular weight excluding hydrogens is 330 g/mol. The second-order valence-corrected chi connectivity index (χ2v) is 5.55. The Morgan fingerprint density at radius 3 is 2.52 bits per heavy atom. The number of aliphatic hydroxyl groups is 3. The number of carbonyl (C=O) groups is 1. The quantitative estimate of drug-likeness (QED) is 0.563. The number of hydrogen-bond acceptors (Lipinski definition) is 7. The van der Waals surface area contributed by atoms with Crippen LogP contribution in [0, 0.1) is 0 Å². The molecule has 9 heteroatoms. The molecule has 3 rings (SSSR count). The zero-order valence-electron chi connectivity index (χ0n) is 13.0. The number of benzene rings is 1. The average Bonchev–Trinajstić information content (AvgIpc) is 2.91. The molecule has 2 heterocycles. The third-order valence-corrected chi connectivity index (χ3v) is 3.90. The van der Waals surface area contributed by atoms with Gasteiger partial charge in [0.1, 0.15) is 24.1 Å². The van der Waals surface area contributed by atoms with Crippen molar-refractivity contribution in [3.63, 3.8) is 0 Å². The molecule has 0 bridgehead atoms. The number of ether oxygens (including phenoxy) is 1. The van der Waals surface area contributed by atoms with Crippen molar-refractivity contribution in [2.45, 2.75) is 24.5 Å². The van der Waals surface area contributed by atoms with E-state index in [1.54, 1.807) is 30.3 Å². The normalized spacial score (nSPS) is 25.7. The molecule has 1 aromatic heterocycles. The molecule has 4 N–H and O–H groups in total. The first-order chi connectivity index (χ1) is 12.0. The Kier molecular flexibility index (Phi) is 4.91. The lowest BCUT2D eigenvalue weighted by Gasteiger charge is -2.17. The molecule has 0 spiro atoms. The predicted octanol–water partition coefficient (Wildman–Crippen LogP) is -0.893. The molecule has 2 aromatic rings. The average molecular weight is 347 g/mol. The van der Waals surface area contributed by atoms with E-state index in [4.69, 9.17) is 9.84 Å². The summed E-state index contributed by atoms with van der Waals surface area (Å²) < 4.78 is 6.27. The zero-order chi connectivity index (χ0) is 18.0. The first kappa shape index (κ1) is 17.2. The van der Waals surface area contributed by atoms with Gasteiger partial charge in [-0.3, -0.25) is 9.36 Å². The number of aromatic nitrogens is 2. The molecule has 25 heavy (non-hydrogen) atoms. The topological polar surface area (TPSA) is 134 Å². The monoisotopic (exact) mass is 347 g/mol. The van der Waals surface area contributed by atoms with E-state index in [9.17, 15) is 19.8 Å². The van der Waals surface area contributed by atoms with Gasteiger partial charge in [0.15, 0.2) is 6.23 Å². The Bertz CT molecular complexity index is 809. The van der Waals surface area contributed by atoms with Gasteiger partial charge in [-0.25, -0.2) is 4.79 Å². The van der Waals surface area contributed by atoms with Crippen LogP contribution in [0.3, 0.4) is 0 Å². The van der Waals surface area contributed by atoms with Gasteiger partial charge in [0, 0.05) is 11.8 Å². The van der Waals surface area contributed by atoms with Crippen molar-refractivity contribution in [2.24, 2.45) is 0 Å². The number of nitrogens with zero attached hydrogens (tertiary/aromatic N) is 2. The molecule has 9 nitrogen and oxygen atoms in total. The molecule has 1 amide bonds. The van der Waals surface area contributed by atoms with E-state index in [-0.39, 0.29) is 5.82 Å². The lowest BCUT2D eigenvalue weighted by Crippen LogP contribution is -2.36. The minimum absolute atomic E-state index is 0.0434. The van der Waals surface area contributed by atoms with E-state index in [2.05, 4.69) is 10.3 Å². The van der Waals surface area contributed by atoms with Gasteiger partial charge in [-0.05, 0) is 18.2 Å². The minimum Gasteiger partial charge on any atom is -0.394 e. The van der Waals surface area contributed by atoms with E-state index in [1.165, 1.54) is 12.3 Å². The molecule has 0 unspecified atom stereocenters. The Hall–Kier alpha value is -2.59. The number of amides is 1. The summed E-state index contributed by atoms with van der Waals surface area (Å²) in [6.45, 7) is -0.498. The molecule has 1 aliphatic heterocycles. The van der Waals surface area contributed by atoms with E-state index in [0.29, 0.717) is 5.56 Å². The highest BCUT2D eigenvalue weighted by Gasteiger charge is 2.43. The van der Waals surface area contributed by atoms with Crippen molar-refractivity contribution in [1.82, 2.24) is 9.55 Å². The fourth-order valence-corrected chi connectivity index (χ4v) is 2.56. The summed E-state index contributed by atoms with van der Waals surface area (Å²) in [4.78, 5) is 27.9. The summed E-state index contributed by atoms with van der Waals surface area (Å²) >= 11 is 0. The standard InChI is InChI=1S/C16H17N3O6/c20-8-10-12(21)13(22)15(25-10)19-7-6-11(18-16(19)24)17-14(23)9-4-2-1-3-5-9/h1-7,10,12-13,15,20-22H,8H2,(H,17,18,23,24)/t10-,12+,13-,15-/m0/s1. The number of anilines is 1. The van der Waals surface area contributed by atoms with Gasteiger partial charge in [0.25, 0.3) is 5.91 Å². The van der Waals surface area contributed by atoms with Crippen LogP contribution in [0.15, 0.2) is 47.4 Å². The van der Waals surface area contributed by atoms with Crippen molar-refractivity contribution in [2.75, 3.05) is 11.9 Å². The second kappa shape index (κ2) is 7.11. The van der Waals surface area contributed by atoms with Crippen LogP contribution in [0.25, 0.3) is 0 Å². The highest BCUT2D eigenvalue weighted by molar-refractivity contribution is 6.03. The van der Waals surface area contributed by atoms with Crippen molar-refractivity contribution in [1.29, 1.82) is 0 Å². The summed E-state index contributed by atoms with van der Waals surface area (Å²) in [7, 11) is 0. The fourth-order valence-electron chi connectivity index (χ4n) is 2.56. The van der Waals surface area contributed by atoms with Crippen LogP contribution in [0.4, 0.5) is 5.82 Å². The number of rotatable bonds is 4. The molecule has 1 fully saturated rings. The van der Waals surface area contributed by atoms with E-state index >= 15 is 0 Å². The molecule has 0 saturated carbocycles. The molecule has 0 aliphatic carbocycles. The van der Waals surface area contributed by atoms with Crippen molar-refractivity contribution in [3.05, 3.63) is 58.6 Å². The maximum absolute atomic E-state index is 12.2. The highest BCUT2D eigenvalue weighted by atomic mass is 16.6. The second-order valence-electron chi connectivity index (χ2n) is 5.55. The van der Waals surface area contributed by atoms with Crippen LogP contribution in [-0.2, 0) is 4.74 Å². The van der Waals surface area contributed by atoms with Crippen LogP contribution in [0.5, 0.6) is 0 Å². The lowest BCUT2D eigenvalue weighted by atomic mass is 10.1. The van der Waals surface area contributed by atoms with Crippen LogP contribution in [-0.4, -0.2) is 55.7 Å². The first-order valence-corrected chi connectivity index (χ1v) is 7.59. The Morgan fingerprint density at radius 2 is 1.92 bits per heavy atom. The van der Waals surface area contributed by atoms with Gasteiger partial charge in [0.05, 0.1) is 6.61 Å². The Labute approximate surface area is 142 Å². The van der Waals surface area contributed by atoms with E-state index in [1.807, 2.05) is 0 Å². The molecule has 1 saturated heterocycles. The molecule has 4 atom stereocenters. The van der Waals surface area contributed by atoms with Gasteiger partial charge in [-0.2, -0.15) is 4.98 Å². The molecule has 1 aromatic carbocycles. The minimum atomic E-state index is -1.39. The largest absolute Gasteiger partial charge is 0.394 e. The summed E-state index contributed by atoms with van der Waals surface area (Å²) in [5, 5.41) is 31.3. The molecule has 0 radical (unpaired) electrons. The van der Waals surface area contributed by atoms with Gasteiger partial charge in [0.2, 0.25) is 0 Å². The summed E-state index contributed by atoms with van der Waals surface area (Å²) in [6, 6.07) is 9.81. The van der Waals surface area contributed by atoms with Crippen molar-refractivity contribution in [3.8, 4) is 0 Å². The van der Waals surface area contributed by atoms with E-state index in [0.717, 1.165) is 4.57 Å². The van der Waals surface area contributed by atoms with Crippen molar-refractivity contribution < 1.29 is 24.9 Å². The molecular formula is C16H17N3O6. The predicted molar refractivity (Wildman–Crippen MR) is 85.9 cm³/mol. The van der Waals surface area contributed by atoms with Gasteiger partial charge in [-0.1, -0.05) is 18.2 Å². The SMILES string of the molecule is O=C(Nc1ccn([C@H]2O[C@@H](CO)[C@@H](O)[C@@H]2O)c(=O)n1)c1ccccc1. The third-order valence-electron chi connectivity index (χ3n) is 3.90. The summed E-state index contributed by atoms with van der Waals surface area (Å²) in [5.41, 5.74) is -0.363. The lowest BCUT2D eigenvalue weighted by molar-refractivity contribution is -0.0549. The summed E-state index contributed by atoms with van der Waals surface area (Å²) in [5.74, 6) is -0.375. The fraction of sp³-hybridized carbons (Fsp3) is 0.312. The Balaban J connectivity index is 1.78. The number of hydrogen-bond donors (Lipinski definition) is 4. The van der Waals surface area contributed by atoms with Gasteiger partial charge >= 0.3 is 5.69 Å². The van der Waals surface area contributed by atoms with Gasteiger partial charge in [-0.15, -0.1) is 0 Å². The third kappa shape index (κ3) is 3.44. The van der Waals surface area contributed by atoms with Crippen LogP contribution in [0.1, 0.15) is 16.6 Å². The number of nitrogens with one attached hydrogen (secondary N) is 1. The van der Waals surface area contributed by atoms with Crippen molar-refractivity contribution >= 4 is 11.7 Å². The van der Waals surface area contributed by atoms with Gasteiger partial charge < -0.3 is 25.4 Å². The first-order valence-electron chi connectivity index (χ1n) is 7.59. The van der Waals surface area contributed by atoms with Crippen LogP contribution in [0.2, 0.25) is 0 Å². The number of aliphatic hydroxyl groups excluding tert-OH is 3. The maximum atomic E-state index is 12.2. The zero-order valence-corrected chi connectivity index (χ0v) is 13.0. The van der Waals surface area contributed by atoms with Crippen LogP contribution >= 0.6 is 0 Å². The van der Waals surface area contributed by atoms with E-state index < -0.39 is 42.7 Å². The maximum Gasteiger partial charge on any atom is 0.351 e. The number of carbonyl (C=O) groups excluding carboxylic acids is 1. The highest BCUT2D eigenvalue weighted by Crippen LogP contribution is 2.28. The Morgan fingerprint density at radius 1 is 1.20 bits per heavy atom. The van der Waals surface area contributed by atoms with Crippen LogP contribution < -0.4 is 11.0 Å². The smallest absolute Gasteiger partial charge is 0.351 e.